The van der Waals surface area contributed by atoms with E-state index in [0.29, 0.717) is 12.2 Å². The molecule has 2 saturated heterocycles. The van der Waals surface area contributed by atoms with E-state index in [-0.39, 0.29) is 24.3 Å². The second-order valence-corrected chi connectivity index (χ2v) is 9.94. The molecule has 0 N–H and O–H groups in total. The van der Waals surface area contributed by atoms with Gasteiger partial charge in [0.25, 0.3) is 0 Å². The standard InChI is InChI=1S/C28H34N6O3/c1-4-37-28(35)24-17-23(20-5-7-21(8-6-20)33-13-15-36-16-14-33)25-26(19(2)3)31-34(27(25)30-24)22-9-11-32(18-22)12-10-29/h5-8,17,19,22H,4,9,11-16,18H2,1-3H3. The zero-order valence-electron chi connectivity index (χ0n) is 21.8. The summed E-state index contributed by atoms with van der Waals surface area (Å²) in [5, 5.41) is 15.2. The van der Waals surface area contributed by atoms with Crippen molar-refractivity contribution in [3.63, 3.8) is 0 Å². The summed E-state index contributed by atoms with van der Waals surface area (Å²) < 4.78 is 12.8. The van der Waals surface area contributed by atoms with Gasteiger partial charge in [0.15, 0.2) is 11.3 Å². The largest absolute Gasteiger partial charge is 0.461 e. The van der Waals surface area contributed by atoms with E-state index in [4.69, 9.17) is 24.8 Å². The van der Waals surface area contributed by atoms with E-state index in [9.17, 15) is 4.79 Å². The zero-order valence-corrected chi connectivity index (χ0v) is 21.8. The van der Waals surface area contributed by atoms with E-state index in [2.05, 4.69) is 54.0 Å². The van der Waals surface area contributed by atoms with Crippen LogP contribution in [0.3, 0.4) is 0 Å². The predicted molar refractivity (Wildman–Crippen MR) is 142 cm³/mol. The molecule has 3 aromatic rings. The molecule has 0 bridgehead atoms. The Morgan fingerprint density at radius 2 is 1.97 bits per heavy atom. The highest BCUT2D eigenvalue weighted by atomic mass is 16.5. The number of nitriles is 1. The number of pyridine rings is 1. The molecular weight excluding hydrogens is 468 g/mol. The van der Waals surface area contributed by atoms with E-state index < -0.39 is 5.97 Å². The Labute approximate surface area is 217 Å². The highest BCUT2D eigenvalue weighted by molar-refractivity contribution is 6.00. The number of aromatic nitrogens is 3. The number of nitrogens with zero attached hydrogens (tertiary/aromatic N) is 6. The Balaban J connectivity index is 1.63. The maximum Gasteiger partial charge on any atom is 0.357 e. The molecule has 0 saturated carbocycles. The lowest BCUT2D eigenvalue weighted by atomic mass is 9.97. The van der Waals surface area contributed by atoms with Gasteiger partial charge in [0.1, 0.15) is 0 Å². The Morgan fingerprint density at radius 1 is 1.22 bits per heavy atom. The Morgan fingerprint density at radius 3 is 2.65 bits per heavy atom. The van der Waals surface area contributed by atoms with Crippen LogP contribution in [0.1, 0.15) is 55.3 Å². The first-order valence-corrected chi connectivity index (χ1v) is 13.1. The molecule has 0 radical (unpaired) electrons. The average Bonchev–Trinajstić information content (AvgIpc) is 3.54. The third-order valence-electron chi connectivity index (χ3n) is 7.16. The van der Waals surface area contributed by atoms with Crippen LogP contribution in [0, 0.1) is 11.3 Å². The molecule has 0 amide bonds. The summed E-state index contributed by atoms with van der Waals surface area (Å²) in [6, 6.07) is 12.7. The number of benzene rings is 1. The molecule has 1 atom stereocenters. The number of rotatable bonds is 7. The van der Waals surface area contributed by atoms with Gasteiger partial charge < -0.3 is 14.4 Å². The minimum absolute atomic E-state index is 0.0878. The lowest BCUT2D eigenvalue weighted by Crippen LogP contribution is -2.36. The first-order chi connectivity index (χ1) is 18.0. The molecule has 194 valence electrons. The third-order valence-corrected chi connectivity index (χ3v) is 7.16. The van der Waals surface area contributed by atoms with Crippen molar-refractivity contribution in [3.05, 3.63) is 41.7 Å². The molecule has 2 aliphatic rings. The molecule has 2 aliphatic heterocycles. The van der Waals surface area contributed by atoms with Gasteiger partial charge in [-0.05, 0) is 48.6 Å². The SMILES string of the molecule is CCOC(=O)c1cc(-c2ccc(N3CCOCC3)cc2)c2c(C(C)C)nn(C3CCN(CC#N)C3)c2n1. The van der Waals surface area contributed by atoms with Gasteiger partial charge in [0.05, 0.1) is 49.6 Å². The van der Waals surface area contributed by atoms with Crippen molar-refractivity contribution in [2.75, 3.05) is 57.4 Å². The molecule has 1 unspecified atom stereocenters. The molecule has 2 fully saturated rings. The van der Waals surface area contributed by atoms with Crippen molar-refractivity contribution in [1.82, 2.24) is 19.7 Å². The first-order valence-electron chi connectivity index (χ1n) is 13.1. The van der Waals surface area contributed by atoms with Crippen LogP contribution in [0.25, 0.3) is 22.2 Å². The molecule has 0 spiro atoms. The van der Waals surface area contributed by atoms with Crippen molar-refractivity contribution in [1.29, 1.82) is 5.26 Å². The average molecular weight is 503 g/mol. The summed E-state index contributed by atoms with van der Waals surface area (Å²) in [5.41, 5.74) is 5.04. The molecular formula is C28H34N6O3. The topological polar surface area (TPSA) is 96.5 Å². The van der Waals surface area contributed by atoms with Gasteiger partial charge in [0.2, 0.25) is 0 Å². The highest BCUT2D eigenvalue weighted by Crippen LogP contribution is 2.37. The van der Waals surface area contributed by atoms with Crippen LogP contribution in [0.4, 0.5) is 5.69 Å². The van der Waals surface area contributed by atoms with Gasteiger partial charge in [-0.15, -0.1) is 0 Å². The number of hydrogen-bond acceptors (Lipinski definition) is 8. The van der Waals surface area contributed by atoms with Crippen LogP contribution in [0.15, 0.2) is 30.3 Å². The van der Waals surface area contributed by atoms with Crippen LogP contribution in [0.5, 0.6) is 0 Å². The van der Waals surface area contributed by atoms with Gasteiger partial charge >= 0.3 is 5.97 Å². The fourth-order valence-corrected chi connectivity index (χ4v) is 5.29. The quantitative estimate of drug-likeness (QED) is 0.353. The second kappa shape index (κ2) is 10.9. The van der Waals surface area contributed by atoms with Crippen LogP contribution in [0.2, 0.25) is 0 Å². The van der Waals surface area contributed by atoms with E-state index >= 15 is 0 Å². The normalized spacial score (nSPS) is 18.5. The maximum atomic E-state index is 12.9. The minimum Gasteiger partial charge on any atom is -0.461 e. The van der Waals surface area contributed by atoms with E-state index in [1.165, 1.54) is 0 Å². The number of carbonyl (C=O) groups is 1. The smallest absolute Gasteiger partial charge is 0.357 e. The van der Waals surface area contributed by atoms with Crippen molar-refractivity contribution in [3.8, 4) is 17.2 Å². The molecule has 9 heteroatoms. The summed E-state index contributed by atoms with van der Waals surface area (Å²) in [4.78, 5) is 22.1. The summed E-state index contributed by atoms with van der Waals surface area (Å²) in [5.74, 6) is -0.269. The number of esters is 1. The van der Waals surface area contributed by atoms with Crippen molar-refractivity contribution in [2.24, 2.45) is 0 Å². The monoisotopic (exact) mass is 502 g/mol. The van der Waals surface area contributed by atoms with Gasteiger partial charge in [-0.2, -0.15) is 10.4 Å². The van der Waals surface area contributed by atoms with Gasteiger partial charge in [0, 0.05) is 31.9 Å². The summed E-state index contributed by atoms with van der Waals surface area (Å²) in [6.07, 6.45) is 0.880. The summed E-state index contributed by atoms with van der Waals surface area (Å²) >= 11 is 0. The lowest BCUT2D eigenvalue weighted by molar-refractivity contribution is 0.0520. The number of morpholine rings is 1. The van der Waals surface area contributed by atoms with Crippen molar-refractivity contribution in [2.45, 2.75) is 39.2 Å². The summed E-state index contributed by atoms with van der Waals surface area (Å²) in [7, 11) is 0. The van der Waals surface area contributed by atoms with Gasteiger partial charge in [-0.3, -0.25) is 4.90 Å². The molecule has 5 rings (SSSR count). The lowest BCUT2D eigenvalue weighted by Gasteiger charge is -2.29. The van der Waals surface area contributed by atoms with Gasteiger partial charge in [-0.25, -0.2) is 14.5 Å². The van der Waals surface area contributed by atoms with Crippen LogP contribution >= 0.6 is 0 Å². The molecule has 2 aromatic heterocycles. The first kappa shape index (κ1) is 25.2. The number of anilines is 1. The second-order valence-electron chi connectivity index (χ2n) is 9.94. The number of carbonyl (C=O) groups excluding carboxylic acids is 1. The third kappa shape index (κ3) is 5.04. The molecule has 37 heavy (non-hydrogen) atoms. The molecule has 9 nitrogen and oxygen atoms in total. The number of hydrogen-bond donors (Lipinski definition) is 0. The van der Waals surface area contributed by atoms with Crippen molar-refractivity contribution < 1.29 is 14.3 Å². The molecule has 0 aliphatic carbocycles. The van der Waals surface area contributed by atoms with Crippen LogP contribution in [-0.2, 0) is 9.47 Å². The van der Waals surface area contributed by atoms with Gasteiger partial charge in [-0.1, -0.05) is 26.0 Å². The number of ether oxygens (including phenoxy) is 2. The minimum atomic E-state index is -0.438. The fourth-order valence-electron chi connectivity index (χ4n) is 5.29. The van der Waals surface area contributed by atoms with Crippen molar-refractivity contribution >= 4 is 22.7 Å². The Kier molecular flexibility index (Phi) is 7.40. The van der Waals surface area contributed by atoms with E-state index in [1.807, 2.05) is 10.7 Å². The predicted octanol–water partition coefficient (Wildman–Crippen LogP) is 4.01. The molecule has 1 aromatic carbocycles. The summed E-state index contributed by atoms with van der Waals surface area (Å²) in [6.45, 7) is 11.5. The van der Waals surface area contributed by atoms with E-state index in [0.717, 1.165) is 73.7 Å². The van der Waals surface area contributed by atoms with Crippen LogP contribution in [-0.4, -0.2) is 78.2 Å². The van der Waals surface area contributed by atoms with Crippen LogP contribution < -0.4 is 4.90 Å². The fraction of sp³-hybridized carbons (Fsp3) is 0.500. The number of likely N-dealkylation sites (tertiary alicyclic amines) is 1. The Hall–Kier alpha value is -3.48. The molecule has 4 heterocycles. The highest BCUT2D eigenvalue weighted by Gasteiger charge is 2.30. The van der Waals surface area contributed by atoms with E-state index in [1.54, 1.807) is 6.92 Å². The Bertz CT molecular complexity index is 1300. The maximum absolute atomic E-state index is 12.9. The number of fused-ring (bicyclic) bond motifs is 1. The zero-order chi connectivity index (χ0) is 25.9.